The Hall–Kier alpha value is -2.56. The Kier molecular flexibility index (Phi) is 4.83. The van der Waals surface area contributed by atoms with E-state index in [2.05, 4.69) is 10.1 Å². The summed E-state index contributed by atoms with van der Waals surface area (Å²) in [6, 6.07) is 1.11. The van der Waals surface area contributed by atoms with Gasteiger partial charge < -0.3 is 5.73 Å². The van der Waals surface area contributed by atoms with Crippen LogP contribution in [0, 0.1) is 6.92 Å². The van der Waals surface area contributed by atoms with Crippen molar-refractivity contribution in [1.82, 2.24) is 19.3 Å². The smallest absolute Gasteiger partial charge is 0.327 e. The lowest BCUT2D eigenvalue weighted by Crippen LogP contribution is -2.26. The minimum absolute atomic E-state index is 0.0377. The molecule has 24 heavy (non-hydrogen) atoms. The summed E-state index contributed by atoms with van der Waals surface area (Å²) in [5, 5.41) is 3.66. The molecule has 0 aliphatic carbocycles. The van der Waals surface area contributed by atoms with Gasteiger partial charge in [0.1, 0.15) is 12.0 Å². The maximum absolute atomic E-state index is 12.7. The lowest BCUT2D eigenvalue weighted by Gasteiger charge is -2.10. The monoisotopic (exact) mass is 349 g/mol. The number of rotatable bonds is 4. The Balaban J connectivity index is 2.40. The van der Waals surface area contributed by atoms with Crippen LogP contribution in [-0.2, 0) is 12.7 Å². The molecule has 0 fully saturated rings. The van der Waals surface area contributed by atoms with E-state index in [1.165, 1.54) is 6.92 Å². The Morgan fingerprint density at radius 2 is 2.00 bits per heavy atom. The average molecular weight is 349 g/mol. The molecule has 2 aromatic rings. The molecule has 0 saturated carbocycles. The molecule has 2 heterocycles. The van der Waals surface area contributed by atoms with Gasteiger partial charge in [-0.25, -0.2) is 19.0 Å². The van der Waals surface area contributed by atoms with E-state index < -0.39 is 42.3 Å². The van der Waals surface area contributed by atoms with E-state index in [1.54, 1.807) is 0 Å². The zero-order chi connectivity index (χ0) is 18.1. The molecule has 0 radical (unpaired) electrons. The Morgan fingerprint density at radius 1 is 1.33 bits per heavy atom. The summed E-state index contributed by atoms with van der Waals surface area (Å²) in [7, 11) is 0. The lowest BCUT2D eigenvalue weighted by atomic mass is 10.2. The molecule has 0 saturated heterocycles. The zero-order valence-electron chi connectivity index (χ0n) is 12.3. The molecule has 0 amide bonds. The third kappa shape index (κ3) is 3.50. The Labute approximate surface area is 132 Å². The maximum Gasteiger partial charge on any atom is 0.433 e. The largest absolute Gasteiger partial charge is 0.433 e. The van der Waals surface area contributed by atoms with Gasteiger partial charge in [-0.15, -0.1) is 0 Å². The van der Waals surface area contributed by atoms with Crippen molar-refractivity contribution in [2.75, 3.05) is 6.54 Å². The highest BCUT2D eigenvalue weighted by molar-refractivity contribution is 5.35. The molecule has 0 spiro atoms. The number of aryl methyl sites for hydroxylation is 1. The van der Waals surface area contributed by atoms with E-state index in [1.807, 2.05) is 0 Å². The van der Waals surface area contributed by atoms with E-state index in [4.69, 9.17) is 5.73 Å². The van der Waals surface area contributed by atoms with Crippen LogP contribution < -0.4 is 11.4 Å². The summed E-state index contributed by atoms with van der Waals surface area (Å²) < 4.78 is 64.9. The summed E-state index contributed by atoms with van der Waals surface area (Å²) in [6.45, 7) is 0.225. The maximum atomic E-state index is 12.7. The predicted molar refractivity (Wildman–Crippen MR) is 73.7 cm³/mol. The van der Waals surface area contributed by atoms with Crippen LogP contribution in [0.15, 0.2) is 35.0 Å². The fourth-order valence-corrected chi connectivity index (χ4v) is 1.99. The van der Waals surface area contributed by atoms with Crippen molar-refractivity contribution in [3.63, 3.8) is 0 Å². The molecule has 2 N–H and O–H groups in total. The average Bonchev–Trinajstić information content (AvgIpc) is 2.83. The highest BCUT2D eigenvalue weighted by atomic mass is 19.4. The molecule has 2 aromatic heterocycles. The highest BCUT2D eigenvalue weighted by Gasteiger charge is 2.34. The third-order valence-electron chi connectivity index (χ3n) is 3.20. The summed E-state index contributed by atoms with van der Waals surface area (Å²) in [5.41, 5.74) is 2.68. The molecule has 11 heteroatoms. The Morgan fingerprint density at radius 3 is 2.50 bits per heavy atom. The van der Waals surface area contributed by atoms with Gasteiger partial charge in [-0.1, -0.05) is 0 Å². The number of hydrogen-bond acceptors (Lipinski definition) is 4. The number of aromatic nitrogens is 4. The molecule has 0 aliphatic heterocycles. The number of pyridine rings is 1. The normalized spacial score (nSPS) is 11.6. The summed E-state index contributed by atoms with van der Waals surface area (Å²) in [4.78, 5) is 15.5. The molecular formula is C13H12F5N5O. The Bertz CT molecular complexity index is 832. The number of halogens is 5. The van der Waals surface area contributed by atoms with Crippen molar-refractivity contribution in [3.05, 3.63) is 52.0 Å². The van der Waals surface area contributed by atoms with Crippen LogP contribution in [0.25, 0.3) is 5.69 Å². The summed E-state index contributed by atoms with van der Waals surface area (Å²) >= 11 is 0. The van der Waals surface area contributed by atoms with Crippen molar-refractivity contribution in [2.24, 2.45) is 5.73 Å². The second-order valence-electron chi connectivity index (χ2n) is 4.87. The number of nitrogens with two attached hydrogens (primary N) is 1. The molecule has 0 aromatic carbocycles. The first-order valence-electron chi connectivity index (χ1n) is 6.57. The number of alkyl halides is 3. The van der Waals surface area contributed by atoms with E-state index in [9.17, 15) is 26.7 Å². The molecule has 0 unspecified atom stereocenters. The van der Waals surface area contributed by atoms with Gasteiger partial charge in [0, 0.05) is 12.1 Å². The van der Waals surface area contributed by atoms with Crippen molar-refractivity contribution in [1.29, 1.82) is 0 Å². The van der Waals surface area contributed by atoms with E-state index >= 15 is 0 Å². The first-order chi connectivity index (χ1) is 11.1. The molecular weight excluding hydrogens is 337 g/mol. The van der Waals surface area contributed by atoms with Crippen molar-refractivity contribution < 1.29 is 22.0 Å². The van der Waals surface area contributed by atoms with Gasteiger partial charge in [0.15, 0.2) is 0 Å². The zero-order valence-corrected chi connectivity index (χ0v) is 12.3. The lowest BCUT2D eigenvalue weighted by molar-refractivity contribution is -0.141. The van der Waals surface area contributed by atoms with Crippen LogP contribution in [0.3, 0.4) is 0 Å². The fourth-order valence-electron chi connectivity index (χ4n) is 1.99. The SMILES string of the molecule is Cc1cc(-n2cnn(CC(CN)=C(F)F)c2=O)cnc1C(F)(F)F. The van der Waals surface area contributed by atoms with Gasteiger partial charge >= 0.3 is 11.9 Å². The van der Waals surface area contributed by atoms with Crippen LogP contribution >= 0.6 is 0 Å². The fraction of sp³-hybridized carbons (Fsp3) is 0.308. The topological polar surface area (TPSA) is 78.7 Å². The van der Waals surface area contributed by atoms with Gasteiger partial charge in [0.05, 0.1) is 18.4 Å². The first-order valence-corrected chi connectivity index (χ1v) is 6.57. The van der Waals surface area contributed by atoms with Gasteiger partial charge in [0.2, 0.25) is 0 Å². The molecule has 130 valence electrons. The van der Waals surface area contributed by atoms with E-state index in [0.717, 1.165) is 27.8 Å². The second-order valence-corrected chi connectivity index (χ2v) is 4.87. The van der Waals surface area contributed by atoms with Crippen molar-refractivity contribution >= 4 is 0 Å². The quantitative estimate of drug-likeness (QED) is 0.855. The summed E-state index contributed by atoms with van der Waals surface area (Å²) in [6.07, 6.45) is -4.75. The minimum atomic E-state index is -4.61. The van der Waals surface area contributed by atoms with Crippen LogP contribution in [0.2, 0.25) is 0 Å². The highest BCUT2D eigenvalue weighted by Crippen LogP contribution is 2.30. The van der Waals surface area contributed by atoms with Crippen LogP contribution in [0.5, 0.6) is 0 Å². The second kappa shape index (κ2) is 6.51. The van der Waals surface area contributed by atoms with Gasteiger partial charge in [-0.2, -0.15) is 27.1 Å². The minimum Gasteiger partial charge on any atom is -0.327 e. The summed E-state index contributed by atoms with van der Waals surface area (Å²) in [5.74, 6) is 0. The van der Waals surface area contributed by atoms with Gasteiger partial charge in [-0.3, -0.25) is 0 Å². The molecule has 0 aliphatic rings. The molecule has 0 bridgehead atoms. The van der Waals surface area contributed by atoms with E-state index in [-0.39, 0.29) is 11.3 Å². The van der Waals surface area contributed by atoms with E-state index in [0.29, 0.717) is 0 Å². The standard InChI is InChI=1S/C13H12F5N5O/c1-7-2-9(4-20-10(7)13(16,17)18)22-6-21-23(12(22)24)5-8(3-19)11(14)15/h2,4,6H,3,5,19H2,1H3. The molecule has 0 atom stereocenters. The van der Waals surface area contributed by atoms with Crippen LogP contribution in [-0.4, -0.2) is 25.9 Å². The van der Waals surface area contributed by atoms with Crippen LogP contribution in [0.4, 0.5) is 22.0 Å². The van der Waals surface area contributed by atoms with Gasteiger partial charge in [-0.05, 0) is 18.6 Å². The van der Waals surface area contributed by atoms with Crippen molar-refractivity contribution in [2.45, 2.75) is 19.6 Å². The number of hydrogen-bond donors (Lipinski definition) is 1. The van der Waals surface area contributed by atoms with Gasteiger partial charge in [0.25, 0.3) is 6.08 Å². The number of nitrogens with zero attached hydrogens (tertiary/aromatic N) is 4. The molecule has 6 nitrogen and oxygen atoms in total. The first kappa shape index (κ1) is 17.8. The third-order valence-corrected chi connectivity index (χ3v) is 3.20. The van der Waals surface area contributed by atoms with Crippen LogP contribution in [0.1, 0.15) is 11.3 Å². The predicted octanol–water partition coefficient (Wildman–Crippen LogP) is 1.87. The molecule has 2 rings (SSSR count). The van der Waals surface area contributed by atoms with Crippen molar-refractivity contribution in [3.8, 4) is 5.69 Å².